The fourth-order valence-corrected chi connectivity index (χ4v) is 2.98. The molecule has 1 aliphatic heterocycles. The standard InChI is InChI=1S/C20H22N2O5/c1-26-18-13-15(19(23)24)7-8-16(18)14-22(17-5-3-2-4-6-17)20(25)21-9-11-27-12-10-21/h2-8,13H,9-12,14H2,1H3,(H,23,24). The van der Waals surface area contributed by atoms with Gasteiger partial charge in [-0.3, -0.25) is 4.90 Å². The molecule has 7 heteroatoms. The maximum absolute atomic E-state index is 13.1. The van der Waals surface area contributed by atoms with Gasteiger partial charge in [0.1, 0.15) is 5.75 Å². The van der Waals surface area contributed by atoms with E-state index in [1.807, 2.05) is 30.3 Å². The molecule has 0 radical (unpaired) electrons. The van der Waals surface area contributed by atoms with Crippen LogP contribution in [0.1, 0.15) is 15.9 Å². The molecule has 0 saturated carbocycles. The Labute approximate surface area is 157 Å². The van der Waals surface area contributed by atoms with E-state index in [2.05, 4.69) is 0 Å². The SMILES string of the molecule is COc1cc(C(=O)O)ccc1CN(C(=O)N1CCOCC1)c1ccccc1. The van der Waals surface area contributed by atoms with Gasteiger partial charge in [-0.25, -0.2) is 9.59 Å². The van der Waals surface area contributed by atoms with Gasteiger partial charge < -0.3 is 19.5 Å². The number of hydrogen-bond acceptors (Lipinski definition) is 4. The second kappa shape index (κ2) is 8.55. The van der Waals surface area contributed by atoms with E-state index >= 15 is 0 Å². The lowest BCUT2D eigenvalue weighted by Crippen LogP contribution is -2.48. The molecule has 7 nitrogen and oxygen atoms in total. The zero-order valence-corrected chi connectivity index (χ0v) is 15.1. The molecule has 0 spiro atoms. The molecule has 27 heavy (non-hydrogen) atoms. The van der Waals surface area contributed by atoms with Crippen LogP contribution in [0.2, 0.25) is 0 Å². The molecule has 1 aliphatic rings. The molecular formula is C20H22N2O5. The first-order chi connectivity index (χ1) is 13.1. The Morgan fingerprint density at radius 1 is 1.15 bits per heavy atom. The van der Waals surface area contributed by atoms with E-state index in [0.29, 0.717) is 32.1 Å². The van der Waals surface area contributed by atoms with Gasteiger partial charge in [-0.1, -0.05) is 24.3 Å². The van der Waals surface area contributed by atoms with E-state index in [1.165, 1.54) is 19.2 Å². The van der Waals surface area contributed by atoms with Gasteiger partial charge in [0, 0.05) is 24.3 Å². The van der Waals surface area contributed by atoms with Gasteiger partial charge in [0.05, 0.1) is 32.4 Å². The minimum absolute atomic E-state index is 0.117. The van der Waals surface area contributed by atoms with Crippen LogP contribution < -0.4 is 9.64 Å². The zero-order valence-electron chi connectivity index (χ0n) is 15.1. The number of anilines is 1. The summed E-state index contributed by atoms with van der Waals surface area (Å²) in [6, 6.07) is 13.9. The lowest BCUT2D eigenvalue weighted by Gasteiger charge is -2.33. The monoisotopic (exact) mass is 370 g/mol. The predicted octanol–water partition coefficient (Wildman–Crippen LogP) is 2.85. The van der Waals surface area contributed by atoms with E-state index in [9.17, 15) is 14.7 Å². The predicted molar refractivity (Wildman–Crippen MR) is 100 cm³/mol. The summed E-state index contributed by atoms with van der Waals surface area (Å²) in [5.41, 5.74) is 1.63. The summed E-state index contributed by atoms with van der Waals surface area (Å²) in [5, 5.41) is 9.18. The highest BCUT2D eigenvalue weighted by Gasteiger charge is 2.25. The minimum Gasteiger partial charge on any atom is -0.496 e. The van der Waals surface area contributed by atoms with Crippen molar-refractivity contribution in [3.05, 3.63) is 59.7 Å². The second-order valence-corrected chi connectivity index (χ2v) is 6.14. The Morgan fingerprint density at radius 3 is 2.48 bits per heavy atom. The highest BCUT2D eigenvalue weighted by atomic mass is 16.5. The molecule has 0 aromatic heterocycles. The highest BCUT2D eigenvalue weighted by Crippen LogP contribution is 2.26. The molecule has 0 unspecified atom stereocenters. The van der Waals surface area contributed by atoms with Crippen LogP contribution in [0.4, 0.5) is 10.5 Å². The Kier molecular flexibility index (Phi) is 5.93. The maximum atomic E-state index is 13.1. The minimum atomic E-state index is -1.02. The van der Waals surface area contributed by atoms with Crippen molar-refractivity contribution in [2.24, 2.45) is 0 Å². The molecule has 3 rings (SSSR count). The van der Waals surface area contributed by atoms with Crippen LogP contribution in [-0.4, -0.2) is 55.4 Å². The van der Waals surface area contributed by atoms with Gasteiger partial charge in [-0.2, -0.15) is 0 Å². The smallest absolute Gasteiger partial charge is 0.335 e. The summed E-state index contributed by atoms with van der Waals surface area (Å²) in [6.45, 7) is 2.38. The van der Waals surface area contributed by atoms with Crippen molar-refractivity contribution < 1.29 is 24.2 Å². The van der Waals surface area contributed by atoms with Gasteiger partial charge in [0.2, 0.25) is 0 Å². The summed E-state index contributed by atoms with van der Waals surface area (Å²) < 4.78 is 10.7. The number of aromatic carboxylic acids is 1. The van der Waals surface area contributed by atoms with E-state index in [4.69, 9.17) is 9.47 Å². The summed E-state index contributed by atoms with van der Waals surface area (Å²) >= 11 is 0. The number of carbonyl (C=O) groups excluding carboxylic acids is 1. The number of amides is 2. The van der Waals surface area contributed by atoms with Crippen molar-refractivity contribution in [3.8, 4) is 5.75 Å². The third-order valence-corrected chi connectivity index (χ3v) is 4.44. The summed E-state index contributed by atoms with van der Waals surface area (Å²) in [6.07, 6.45) is 0. The summed E-state index contributed by atoms with van der Waals surface area (Å²) in [4.78, 5) is 27.8. The fraction of sp³-hybridized carbons (Fsp3) is 0.300. The van der Waals surface area contributed by atoms with Crippen molar-refractivity contribution in [2.45, 2.75) is 6.54 Å². The zero-order chi connectivity index (χ0) is 19.2. The third kappa shape index (κ3) is 4.38. The van der Waals surface area contributed by atoms with Gasteiger partial charge >= 0.3 is 12.0 Å². The van der Waals surface area contributed by atoms with E-state index in [0.717, 1.165) is 11.3 Å². The number of carbonyl (C=O) groups is 2. The lowest BCUT2D eigenvalue weighted by molar-refractivity contribution is 0.0548. The number of para-hydroxylation sites is 1. The topological polar surface area (TPSA) is 79.3 Å². The number of nitrogens with zero attached hydrogens (tertiary/aromatic N) is 2. The maximum Gasteiger partial charge on any atom is 0.335 e. The van der Waals surface area contributed by atoms with Crippen molar-refractivity contribution in [2.75, 3.05) is 38.3 Å². The van der Waals surface area contributed by atoms with Gasteiger partial charge in [-0.15, -0.1) is 0 Å². The van der Waals surface area contributed by atoms with Crippen LogP contribution in [0, 0.1) is 0 Å². The Bertz CT molecular complexity index is 803. The number of carboxylic acids is 1. The van der Waals surface area contributed by atoms with Crippen LogP contribution in [0.25, 0.3) is 0 Å². The Balaban J connectivity index is 1.92. The van der Waals surface area contributed by atoms with Crippen LogP contribution in [0.3, 0.4) is 0 Å². The summed E-state index contributed by atoms with van der Waals surface area (Å²) in [5.74, 6) is -0.588. The fourth-order valence-electron chi connectivity index (χ4n) is 2.98. The van der Waals surface area contributed by atoms with Crippen molar-refractivity contribution in [3.63, 3.8) is 0 Å². The molecule has 0 bridgehead atoms. The van der Waals surface area contributed by atoms with Gasteiger partial charge in [-0.05, 0) is 24.3 Å². The van der Waals surface area contributed by atoms with Crippen molar-refractivity contribution in [1.29, 1.82) is 0 Å². The number of benzene rings is 2. The van der Waals surface area contributed by atoms with Gasteiger partial charge in [0.15, 0.2) is 0 Å². The van der Waals surface area contributed by atoms with Crippen molar-refractivity contribution >= 4 is 17.7 Å². The summed E-state index contributed by atoms with van der Waals surface area (Å²) in [7, 11) is 1.49. The van der Waals surface area contributed by atoms with E-state index < -0.39 is 5.97 Å². The molecule has 1 N–H and O–H groups in total. The molecule has 2 amide bonds. The molecule has 0 aliphatic carbocycles. The second-order valence-electron chi connectivity index (χ2n) is 6.14. The van der Waals surface area contributed by atoms with Crippen LogP contribution in [-0.2, 0) is 11.3 Å². The quantitative estimate of drug-likeness (QED) is 0.876. The first kappa shape index (κ1) is 18.7. The number of hydrogen-bond donors (Lipinski definition) is 1. The molecule has 2 aromatic carbocycles. The highest BCUT2D eigenvalue weighted by molar-refractivity contribution is 5.92. The first-order valence-corrected chi connectivity index (χ1v) is 8.69. The number of morpholine rings is 1. The number of carboxylic acid groups (broad SMARTS) is 1. The molecule has 1 heterocycles. The average molecular weight is 370 g/mol. The molecule has 142 valence electrons. The molecule has 1 saturated heterocycles. The molecular weight excluding hydrogens is 348 g/mol. The van der Waals surface area contributed by atoms with E-state index in [1.54, 1.807) is 15.9 Å². The van der Waals surface area contributed by atoms with Crippen LogP contribution in [0.15, 0.2) is 48.5 Å². The Hall–Kier alpha value is -3.06. The van der Waals surface area contributed by atoms with E-state index in [-0.39, 0.29) is 18.1 Å². The number of rotatable bonds is 5. The normalized spacial score (nSPS) is 13.9. The molecule has 2 aromatic rings. The molecule has 1 fully saturated rings. The van der Waals surface area contributed by atoms with Crippen molar-refractivity contribution in [1.82, 2.24) is 4.90 Å². The average Bonchev–Trinajstić information content (AvgIpc) is 2.72. The van der Waals surface area contributed by atoms with Gasteiger partial charge in [0.25, 0.3) is 0 Å². The Morgan fingerprint density at radius 2 is 1.85 bits per heavy atom. The number of methoxy groups -OCH3 is 1. The largest absolute Gasteiger partial charge is 0.496 e. The van der Waals surface area contributed by atoms with Crippen LogP contribution in [0.5, 0.6) is 5.75 Å². The third-order valence-electron chi connectivity index (χ3n) is 4.44. The lowest BCUT2D eigenvalue weighted by atomic mass is 10.1. The molecule has 0 atom stereocenters. The number of ether oxygens (including phenoxy) is 2. The van der Waals surface area contributed by atoms with Crippen LogP contribution >= 0.6 is 0 Å². The first-order valence-electron chi connectivity index (χ1n) is 8.69. The number of urea groups is 1.